The minimum absolute atomic E-state index is 0.462. The van der Waals surface area contributed by atoms with E-state index in [1.807, 2.05) is 0 Å². The fourth-order valence-electron chi connectivity index (χ4n) is 3.62. The van der Waals surface area contributed by atoms with Crippen LogP contribution in [0.1, 0.15) is 30.0 Å². The van der Waals surface area contributed by atoms with Gasteiger partial charge in [-0.05, 0) is 29.9 Å². The van der Waals surface area contributed by atoms with Crippen LogP contribution >= 0.6 is 0 Å². The molecule has 1 aliphatic carbocycles. The molecule has 1 saturated heterocycles. The van der Waals surface area contributed by atoms with Crippen molar-refractivity contribution in [2.24, 2.45) is 5.92 Å². The summed E-state index contributed by atoms with van der Waals surface area (Å²) in [7, 11) is 0. The predicted octanol–water partition coefficient (Wildman–Crippen LogP) is 3.61. The van der Waals surface area contributed by atoms with Gasteiger partial charge in [-0.15, -0.1) is 0 Å². The second-order valence-electron chi connectivity index (χ2n) is 6.75. The van der Waals surface area contributed by atoms with Crippen LogP contribution in [0.5, 0.6) is 0 Å². The highest BCUT2D eigenvalue weighted by molar-refractivity contribution is 5.21. The molecular formula is C20H24N2. The maximum absolute atomic E-state index is 3.91. The summed E-state index contributed by atoms with van der Waals surface area (Å²) in [6, 6.07) is 22.9. The fraction of sp³-hybridized carbons (Fsp3) is 0.400. The summed E-state index contributed by atoms with van der Waals surface area (Å²) in [5, 5.41) is 3.91. The van der Waals surface area contributed by atoms with Gasteiger partial charge in [0.05, 0.1) is 0 Å². The summed E-state index contributed by atoms with van der Waals surface area (Å²) >= 11 is 0. The molecule has 2 nitrogen and oxygen atoms in total. The Kier molecular flexibility index (Phi) is 3.96. The van der Waals surface area contributed by atoms with Crippen molar-refractivity contribution in [3.63, 3.8) is 0 Å². The van der Waals surface area contributed by atoms with Gasteiger partial charge in [0.15, 0.2) is 0 Å². The van der Waals surface area contributed by atoms with Crippen molar-refractivity contribution in [3.05, 3.63) is 71.8 Å². The van der Waals surface area contributed by atoms with Gasteiger partial charge in [0.25, 0.3) is 0 Å². The molecule has 2 fully saturated rings. The second kappa shape index (κ2) is 6.23. The average Bonchev–Trinajstić information content (AvgIpc) is 3.41. The molecule has 4 rings (SSSR count). The zero-order valence-electron chi connectivity index (χ0n) is 13.0. The van der Waals surface area contributed by atoms with Crippen LogP contribution in [0.25, 0.3) is 0 Å². The highest BCUT2D eigenvalue weighted by Gasteiger charge is 2.37. The molecule has 1 aliphatic heterocycles. The molecule has 0 spiro atoms. The molecule has 1 N–H and O–H groups in total. The standard InChI is InChI=1S/C20H24N2/c1-3-7-16(8-4-1)13-22-14-19(17-9-5-2-6-10-17)21-20(15-22)18-11-12-18/h1-10,18-21H,11-15H2. The molecule has 114 valence electrons. The van der Waals surface area contributed by atoms with Gasteiger partial charge >= 0.3 is 0 Å². The number of rotatable bonds is 4. The topological polar surface area (TPSA) is 15.3 Å². The van der Waals surface area contributed by atoms with Crippen LogP contribution in [0.4, 0.5) is 0 Å². The first-order chi connectivity index (χ1) is 10.9. The van der Waals surface area contributed by atoms with Crippen LogP contribution in [0.15, 0.2) is 60.7 Å². The first-order valence-electron chi connectivity index (χ1n) is 8.46. The Morgan fingerprint density at radius 3 is 2.23 bits per heavy atom. The zero-order valence-corrected chi connectivity index (χ0v) is 13.0. The molecule has 0 aromatic heterocycles. The molecule has 2 unspecified atom stereocenters. The van der Waals surface area contributed by atoms with E-state index in [4.69, 9.17) is 0 Å². The number of benzene rings is 2. The van der Waals surface area contributed by atoms with Crippen LogP contribution < -0.4 is 5.32 Å². The van der Waals surface area contributed by atoms with Crippen molar-refractivity contribution in [3.8, 4) is 0 Å². The Labute approximate surface area is 133 Å². The Bertz CT molecular complexity index is 592. The smallest absolute Gasteiger partial charge is 0.0452 e. The van der Waals surface area contributed by atoms with Gasteiger partial charge in [-0.2, -0.15) is 0 Å². The maximum atomic E-state index is 3.91. The summed E-state index contributed by atoms with van der Waals surface area (Å²) in [5.74, 6) is 0.893. The second-order valence-corrected chi connectivity index (χ2v) is 6.75. The van der Waals surface area contributed by atoms with Crippen molar-refractivity contribution in [2.45, 2.75) is 31.5 Å². The minimum atomic E-state index is 0.462. The van der Waals surface area contributed by atoms with E-state index < -0.39 is 0 Å². The molecule has 2 atom stereocenters. The normalized spacial score (nSPS) is 26.0. The summed E-state index contributed by atoms with van der Waals surface area (Å²) in [6.45, 7) is 3.35. The number of hydrogen-bond donors (Lipinski definition) is 1. The van der Waals surface area contributed by atoms with Crippen LogP contribution in [0.3, 0.4) is 0 Å². The van der Waals surface area contributed by atoms with Gasteiger partial charge < -0.3 is 5.32 Å². The van der Waals surface area contributed by atoms with E-state index in [9.17, 15) is 0 Å². The first kappa shape index (κ1) is 14.0. The third-order valence-electron chi connectivity index (χ3n) is 4.95. The van der Waals surface area contributed by atoms with E-state index in [0.717, 1.165) is 19.0 Å². The number of hydrogen-bond acceptors (Lipinski definition) is 2. The van der Waals surface area contributed by atoms with Crippen molar-refractivity contribution in [1.82, 2.24) is 10.2 Å². The molecule has 2 aromatic rings. The quantitative estimate of drug-likeness (QED) is 0.926. The Morgan fingerprint density at radius 1 is 0.864 bits per heavy atom. The maximum Gasteiger partial charge on any atom is 0.0452 e. The molecule has 22 heavy (non-hydrogen) atoms. The van der Waals surface area contributed by atoms with Gasteiger partial charge in [-0.1, -0.05) is 60.7 Å². The average molecular weight is 292 g/mol. The number of nitrogens with zero attached hydrogens (tertiary/aromatic N) is 1. The third-order valence-corrected chi connectivity index (χ3v) is 4.95. The SMILES string of the molecule is c1ccc(CN2CC(c3ccccc3)NC(C3CC3)C2)cc1. The predicted molar refractivity (Wildman–Crippen MR) is 90.5 cm³/mol. The third kappa shape index (κ3) is 3.23. The highest BCUT2D eigenvalue weighted by Crippen LogP contribution is 2.36. The van der Waals surface area contributed by atoms with Crippen molar-refractivity contribution >= 4 is 0 Å². The first-order valence-corrected chi connectivity index (χ1v) is 8.46. The molecular weight excluding hydrogens is 268 g/mol. The van der Waals surface area contributed by atoms with Crippen molar-refractivity contribution < 1.29 is 0 Å². The Morgan fingerprint density at radius 2 is 1.55 bits per heavy atom. The minimum Gasteiger partial charge on any atom is -0.304 e. The van der Waals surface area contributed by atoms with Gasteiger partial charge in [0, 0.05) is 31.7 Å². The van der Waals surface area contributed by atoms with E-state index in [0.29, 0.717) is 12.1 Å². The van der Waals surface area contributed by atoms with Crippen molar-refractivity contribution in [2.75, 3.05) is 13.1 Å². The lowest BCUT2D eigenvalue weighted by Gasteiger charge is -2.39. The van der Waals surface area contributed by atoms with Gasteiger partial charge in [0.2, 0.25) is 0 Å². The summed E-state index contributed by atoms with van der Waals surface area (Å²) in [4.78, 5) is 2.63. The lowest BCUT2D eigenvalue weighted by atomic mass is 9.99. The molecule has 2 aliphatic rings. The zero-order chi connectivity index (χ0) is 14.8. The molecule has 2 aromatic carbocycles. The van der Waals surface area contributed by atoms with E-state index in [1.54, 1.807) is 0 Å². The molecule has 1 saturated carbocycles. The molecule has 0 amide bonds. The Balaban J connectivity index is 1.51. The van der Waals surface area contributed by atoms with Crippen LogP contribution in [-0.4, -0.2) is 24.0 Å². The van der Waals surface area contributed by atoms with Gasteiger partial charge in [-0.3, -0.25) is 4.90 Å². The monoisotopic (exact) mass is 292 g/mol. The fourth-order valence-corrected chi connectivity index (χ4v) is 3.62. The van der Waals surface area contributed by atoms with E-state index >= 15 is 0 Å². The largest absolute Gasteiger partial charge is 0.304 e. The molecule has 0 radical (unpaired) electrons. The van der Waals surface area contributed by atoms with Crippen LogP contribution in [0.2, 0.25) is 0 Å². The lowest BCUT2D eigenvalue weighted by molar-refractivity contribution is 0.143. The number of piperazine rings is 1. The molecule has 0 bridgehead atoms. The highest BCUT2D eigenvalue weighted by atomic mass is 15.2. The molecule has 2 heteroatoms. The van der Waals surface area contributed by atoms with E-state index in [1.165, 1.54) is 30.5 Å². The van der Waals surface area contributed by atoms with E-state index in [-0.39, 0.29) is 0 Å². The lowest BCUT2D eigenvalue weighted by Crippen LogP contribution is -2.52. The van der Waals surface area contributed by atoms with Crippen LogP contribution in [-0.2, 0) is 6.54 Å². The summed E-state index contributed by atoms with van der Waals surface area (Å²) in [6.07, 6.45) is 2.80. The summed E-state index contributed by atoms with van der Waals surface area (Å²) in [5.41, 5.74) is 2.84. The van der Waals surface area contributed by atoms with E-state index in [2.05, 4.69) is 70.9 Å². The molecule has 1 heterocycles. The summed E-state index contributed by atoms with van der Waals surface area (Å²) < 4.78 is 0. The van der Waals surface area contributed by atoms with Gasteiger partial charge in [0.1, 0.15) is 0 Å². The number of nitrogens with one attached hydrogen (secondary N) is 1. The Hall–Kier alpha value is -1.64. The van der Waals surface area contributed by atoms with Crippen molar-refractivity contribution in [1.29, 1.82) is 0 Å². The van der Waals surface area contributed by atoms with Gasteiger partial charge in [-0.25, -0.2) is 0 Å². The van der Waals surface area contributed by atoms with Crippen LogP contribution in [0, 0.1) is 5.92 Å².